The third-order valence-electron chi connectivity index (χ3n) is 1.85. The Balaban J connectivity index is 2.10. The Morgan fingerprint density at radius 1 is 1.31 bits per heavy atom. The fourth-order valence-electron chi connectivity index (χ4n) is 1.06. The average molecular weight is 217 g/mol. The average Bonchev–Trinajstić information content (AvgIpc) is 1.99. The normalized spacial score (nSPS) is 16.8. The van der Waals surface area contributed by atoms with Crippen molar-refractivity contribution >= 4 is 23.2 Å². The maximum absolute atomic E-state index is 5.91. The van der Waals surface area contributed by atoms with Crippen LogP contribution in [-0.2, 0) is 0 Å². The van der Waals surface area contributed by atoms with Gasteiger partial charge in [-0.2, -0.15) is 0 Å². The molecule has 1 radical (unpaired) electrons. The molecule has 1 aliphatic rings. The van der Waals surface area contributed by atoms with Gasteiger partial charge in [0, 0.05) is 5.02 Å². The summed E-state index contributed by atoms with van der Waals surface area (Å²) in [7, 11) is 0. The van der Waals surface area contributed by atoms with Crippen LogP contribution in [0.3, 0.4) is 0 Å². The van der Waals surface area contributed by atoms with E-state index in [9.17, 15) is 0 Å². The molecule has 1 aromatic rings. The zero-order chi connectivity index (χ0) is 9.26. The van der Waals surface area contributed by atoms with E-state index in [-0.39, 0.29) is 6.10 Å². The van der Waals surface area contributed by atoms with Crippen molar-refractivity contribution < 1.29 is 4.74 Å². The molecule has 0 N–H and O–H groups in total. The van der Waals surface area contributed by atoms with Gasteiger partial charge in [-0.1, -0.05) is 23.2 Å². The fraction of sp³-hybridized carbons (Fsp3) is 0.333. The van der Waals surface area contributed by atoms with Crippen molar-refractivity contribution in [3.63, 3.8) is 0 Å². The Bertz CT molecular complexity index is 312. The largest absolute Gasteiger partial charge is 0.486 e. The van der Waals surface area contributed by atoms with E-state index in [1.165, 1.54) is 0 Å². The molecule has 0 aliphatic carbocycles. The molecule has 2 rings (SSSR count). The van der Waals surface area contributed by atoms with Crippen molar-refractivity contribution in [3.05, 3.63) is 28.2 Å². The highest BCUT2D eigenvalue weighted by atomic mass is 35.5. The smallest absolute Gasteiger partial charge is 0.138 e. The minimum atomic E-state index is 0.193. The number of hydrogen-bond acceptors (Lipinski definition) is 1. The first-order chi connectivity index (χ1) is 6.25. The number of nitrogens with zero attached hydrogens (tertiary/aromatic N) is 1. The van der Waals surface area contributed by atoms with Crippen LogP contribution in [0.25, 0.3) is 0 Å². The Morgan fingerprint density at radius 3 is 2.62 bits per heavy atom. The van der Waals surface area contributed by atoms with E-state index in [2.05, 4.69) is 5.32 Å². The Labute approximate surface area is 86.8 Å². The summed E-state index contributed by atoms with van der Waals surface area (Å²) in [6.45, 7) is 1.53. The van der Waals surface area contributed by atoms with Gasteiger partial charge >= 0.3 is 0 Å². The summed E-state index contributed by atoms with van der Waals surface area (Å²) in [4.78, 5) is 0. The summed E-state index contributed by atoms with van der Waals surface area (Å²) in [6, 6.07) is 5.22. The molecule has 1 aliphatic heterocycles. The molecule has 1 aromatic carbocycles. The van der Waals surface area contributed by atoms with E-state index >= 15 is 0 Å². The van der Waals surface area contributed by atoms with Gasteiger partial charge in [0.05, 0.1) is 18.1 Å². The number of hydrogen-bond donors (Lipinski definition) is 0. The second-order valence-corrected chi connectivity index (χ2v) is 3.75. The number of halogens is 2. The molecule has 1 heterocycles. The minimum absolute atomic E-state index is 0.193. The van der Waals surface area contributed by atoms with Crippen molar-refractivity contribution in [2.24, 2.45) is 0 Å². The van der Waals surface area contributed by atoms with Gasteiger partial charge in [-0.05, 0) is 18.2 Å². The summed E-state index contributed by atoms with van der Waals surface area (Å²) in [6.07, 6.45) is 0.193. The lowest BCUT2D eigenvalue weighted by atomic mass is 10.2. The van der Waals surface area contributed by atoms with Crippen LogP contribution in [0.2, 0.25) is 10.0 Å². The van der Waals surface area contributed by atoms with Gasteiger partial charge in [0.1, 0.15) is 11.9 Å². The zero-order valence-corrected chi connectivity index (χ0v) is 8.35. The highest BCUT2D eigenvalue weighted by Gasteiger charge is 2.20. The Kier molecular flexibility index (Phi) is 2.63. The molecule has 0 aromatic heterocycles. The van der Waals surface area contributed by atoms with Gasteiger partial charge in [-0.25, -0.2) is 5.32 Å². The number of rotatable bonds is 2. The zero-order valence-electron chi connectivity index (χ0n) is 6.84. The standard InChI is InChI=1S/C9H8Cl2NO/c10-6-1-2-9(8(11)3-6)13-7-4-12-5-7/h1-3,7H,4-5H2. The van der Waals surface area contributed by atoms with Crippen molar-refractivity contribution in [2.75, 3.05) is 13.1 Å². The molecule has 1 fully saturated rings. The maximum atomic E-state index is 5.91. The van der Waals surface area contributed by atoms with E-state index in [0.717, 1.165) is 13.1 Å². The first-order valence-electron chi connectivity index (χ1n) is 4.00. The van der Waals surface area contributed by atoms with Crippen LogP contribution in [0.4, 0.5) is 0 Å². The van der Waals surface area contributed by atoms with Gasteiger partial charge in [0.15, 0.2) is 0 Å². The van der Waals surface area contributed by atoms with E-state index in [0.29, 0.717) is 15.8 Å². The molecular weight excluding hydrogens is 209 g/mol. The molecule has 69 valence electrons. The molecular formula is C9H8Cl2NO. The summed E-state index contributed by atoms with van der Waals surface area (Å²) in [5.41, 5.74) is 0. The van der Waals surface area contributed by atoms with Gasteiger partial charge in [0.25, 0.3) is 0 Å². The monoisotopic (exact) mass is 216 g/mol. The lowest BCUT2D eigenvalue weighted by Gasteiger charge is -2.26. The second-order valence-electron chi connectivity index (χ2n) is 2.90. The second kappa shape index (κ2) is 3.74. The lowest BCUT2D eigenvalue weighted by Crippen LogP contribution is -2.45. The van der Waals surface area contributed by atoms with Crippen LogP contribution in [0, 0.1) is 0 Å². The molecule has 0 bridgehead atoms. The van der Waals surface area contributed by atoms with Crippen LogP contribution >= 0.6 is 23.2 Å². The highest BCUT2D eigenvalue weighted by molar-refractivity contribution is 6.35. The highest BCUT2D eigenvalue weighted by Crippen LogP contribution is 2.28. The molecule has 0 atom stereocenters. The van der Waals surface area contributed by atoms with Gasteiger partial charge in [-0.3, -0.25) is 0 Å². The van der Waals surface area contributed by atoms with Crippen molar-refractivity contribution in [1.82, 2.24) is 5.32 Å². The molecule has 1 saturated heterocycles. The van der Waals surface area contributed by atoms with Gasteiger partial charge in [0.2, 0.25) is 0 Å². The molecule has 0 spiro atoms. The SMILES string of the molecule is Clc1ccc(OC2C[N]C2)c(Cl)c1. The fourth-order valence-corrected chi connectivity index (χ4v) is 1.51. The Morgan fingerprint density at radius 2 is 2.08 bits per heavy atom. The summed E-state index contributed by atoms with van der Waals surface area (Å²) in [5.74, 6) is 0.686. The van der Waals surface area contributed by atoms with Gasteiger partial charge < -0.3 is 4.74 Å². The lowest BCUT2D eigenvalue weighted by molar-refractivity contribution is 0.139. The molecule has 0 saturated carbocycles. The van der Waals surface area contributed by atoms with E-state index in [1.807, 2.05) is 0 Å². The first kappa shape index (κ1) is 9.13. The van der Waals surface area contributed by atoms with Crippen LogP contribution in [0.1, 0.15) is 0 Å². The summed E-state index contributed by atoms with van der Waals surface area (Å²) in [5, 5.41) is 5.22. The van der Waals surface area contributed by atoms with Crippen molar-refractivity contribution in [3.8, 4) is 5.75 Å². The third kappa shape index (κ3) is 2.08. The molecule has 13 heavy (non-hydrogen) atoms. The molecule has 0 amide bonds. The maximum Gasteiger partial charge on any atom is 0.138 e. The number of benzene rings is 1. The first-order valence-corrected chi connectivity index (χ1v) is 4.76. The molecule has 4 heteroatoms. The van der Waals surface area contributed by atoms with Crippen LogP contribution in [0.15, 0.2) is 18.2 Å². The topological polar surface area (TPSA) is 23.3 Å². The van der Waals surface area contributed by atoms with Crippen molar-refractivity contribution in [1.29, 1.82) is 0 Å². The van der Waals surface area contributed by atoms with E-state index < -0.39 is 0 Å². The van der Waals surface area contributed by atoms with Crippen LogP contribution in [-0.4, -0.2) is 19.2 Å². The van der Waals surface area contributed by atoms with Gasteiger partial charge in [-0.15, -0.1) is 0 Å². The summed E-state index contributed by atoms with van der Waals surface area (Å²) >= 11 is 11.7. The van der Waals surface area contributed by atoms with E-state index in [4.69, 9.17) is 27.9 Å². The van der Waals surface area contributed by atoms with Crippen molar-refractivity contribution in [2.45, 2.75) is 6.10 Å². The molecule has 0 unspecified atom stereocenters. The van der Waals surface area contributed by atoms with E-state index in [1.54, 1.807) is 18.2 Å². The molecule has 2 nitrogen and oxygen atoms in total. The minimum Gasteiger partial charge on any atom is -0.486 e. The quantitative estimate of drug-likeness (QED) is 0.745. The van der Waals surface area contributed by atoms with Crippen LogP contribution in [0.5, 0.6) is 5.75 Å². The predicted molar refractivity (Wildman–Crippen MR) is 52.7 cm³/mol. The van der Waals surface area contributed by atoms with Crippen LogP contribution < -0.4 is 10.1 Å². The predicted octanol–water partition coefficient (Wildman–Crippen LogP) is 2.36. The Hall–Kier alpha value is -0.440. The summed E-state index contributed by atoms with van der Waals surface area (Å²) < 4.78 is 5.55. The third-order valence-corrected chi connectivity index (χ3v) is 2.38. The number of ether oxygens (including phenoxy) is 1.